The third-order valence-corrected chi connectivity index (χ3v) is 4.99. The molecule has 3 heterocycles. The van der Waals surface area contributed by atoms with Gasteiger partial charge in [-0.15, -0.1) is 0 Å². The summed E-state index contributed by atoms with van der Waals surface area (Å²) in [6, 6.07) is 8.30. The van der Waals surface area contributed by atoms with Gasteiger partial charge < -0.3 is 9.80 Å². The van der Waals surface area contributed by atoms with Crippen molar-refractivity contribution in [3.05, 3.63) is 54.2 Å². The van der Waals surface area contributed by atoms with Crippen LogP contribution in [-0.4, -0.2) is 57.4 Å². The molecular formula is C20H23FN6. The Morgan fingerprint density at radius 1 is 1.11 bits per heavy atom. The van der Waals surface area contributed by atoms with E-state index in [0.29, 0.717) is 5.69 Å². The maximum absolute atomic E-state index is 13.5. The molecule has 0 radical (unpaired) electrons. The number of benzene rings is 1. The predicted octanol–water partition coefficient (Wildman–Crippen LogP) is 2.92. The Morgan fingerprint density at radius 2 is 1.93 bits per heavy atom. The third kappa shape index (κ3) is 3.68. The summed E-state index contributed by atoms with van der Waals surface area (Å²) in [5.41, 5.74) is 3.29. The van der Waals surface area contributed by atoms with E-state index >= 15 is 0 Å². The highest BCUT2D eigenvalue weighted by Gasteiger charge is 2.19. The minimum atomic E-state index is -0.280. The number of hydrogen-bond acceptors (Lipinski definition) is 5. The molecule has 4 rings (SSSR count). The molecular weight excluding hydrogens is 343 g/mol. The Morgan fingerprint density at radius 3 is 2.67 bits per heavy atom. The van der Waals surface area contributed by atoms with Gasteiger partial charge in [0.15, 0.2) is 0 Å². The van der Waals surface area contributed by atoms with Crippen LogP contribution in [0.3, 0.4) is 0 Å². The van der Waals surface area contributed by atoms with Gasteiger partial charge in [-0.25, -0.2) is 19.0 Å². The molecule has 1 saturated heterocycles. The van der Waals surface area contributed by atoms with Gasteiger partial charge in [-0.05, 0) is 37.7 Å². The molecule has 7 heteroatoms. The van der Waals surface area contributed by atoms with Crippen LogP contribution in [0.15, 0.2) is 42.7 Å². The van der Waals surface area contributed by atoms with Crippen molar-refractivity contribution < 1.29 is 4.39 Å². The molecule has 0 bridgehead atoms. The summed E-state index contributed by atoms with van der Waals surface area (Å²) in [6.07, 6.45) is 3.69. The van der Waals surface area contributed by atoms with Gasteiger partial charge in [-0.2, -0.15) is 5.10 Å². The summed E-state index contributed by atoms with van der Waals surface area (Å²) in [4.78, 5) is 13.9. The second-order valence-electron chi connectivity index (χ2n) is 6.72. The quantitative estimate of drug-likeness (QED) is 0.711. The highest BCUT2D eigenvalue weighted by Crippen LogP contribution is 2.24. The van der Waals surface area contributed by atoms with E-state index in [1.54, 1.807) is 16.9 Å². The fourth-order valence-corrected chi connectivity index (χ4v) is 3.38. The van der Waals surface area contributed by atoms with Gasteiger partial charge in [0, 0.05) is 44.1 Å². The van der Waals surface area contributed by atoms with Gasteiger partial charge in [0.25, 0.3) is 0 Å². The van der Waals surface area contributed by atoms with E-state index in [-0.39, 0.29) is 5.82 Å². The maximum atomic E-state index is 13.5. The van der Waals surface area contributed by atoms with Crippen LogP contribution in [0.4, 0.5) is 10.3 Å². The average molecular weight is 366 g/mol. The van der Waals surface area contributed by atoms with Gasteiger partial charge in [0.1, 0.15) is 5.82 Å². The molecule has 0 spiro atoms. The highest BCUT2D eigenvalue weighted by atomic mass is 19.1. The van der Waals surface area contributed by atoms with Crippen molar-refractivity contribution in [2.24, 2.45) is 0 Å². The molecule has 1 aliphatic heterocycles. The van der Waals surface area contributed by atoms with Crippen molar-refractivity contribution in [1.29, 1.82) is 0 Å². The molecule has 0 amide bonds. The zero-order valence-electron chi connectivity index (χ0n) is 15.6. The Hall–Kier alpha value is -2.80. The van der Waals surface area contributed by atoms with E-state index in [2.05, 4.69) is 26.8 Å². The van der Waals surface area contributed by atoms with Crippen molar-refractivity contribution >= 4 is 5.95 Å². The first kappa shape index (κ1) is 17.6. The van der Waals surface area contributed by atoms with Crippen LogP contribution >= 0.6 is 0 Å². The van der Waals surface area contributed by atoms with E-state index < -0.39 is 0 Å². The minimum absolute atomic E-state index is 0.280. The van der Waals surface area contributed by atoms with Crippen molar-refractivity contribution in [2.45, 2.75) is 13.8 Å². The lowest BCUT2D eigenvalue weighted by Crippen LogP contribution is -2.46. The first-order chi connectivity index (χ1) is 13.1. The first-order valence-electron chi connectivity index (χ1n) is 9.27. The van der Waals surface area contributed by atoms with Crippen LogP contribution < -0.4 is 4.90 Å². The Bertz CT molecular complexity index is 930. The summed E-state index contributed by atoms with van der Waals surface area (Å²) in [7, 11) is 0. The van der Waals surface area contributed by atoms with E-state index in [1.165, 1.54) is 12.1 Å². The minimum Gasteiger partial charge on any atom is -0.338 e. The molecule has 1 aliphatic rings. The fraction of sp³-hybridized carbons (Fsp3) is 0.350. The van der Waals surface area contributed by atoms with Gasteiger partial charge in [-0.1, -0.05) is 13.0 Å². The smallest absolute Gasteiger partial charge is 0.225 e. The number of rotatable bonds is 4. The molecule has 140 valence electrons. The van der Waals surface area contributed by atoms with Crippen molar-refractivity contribution in [1.82, 2.24) is 24.6 Å². The molecule has 0 atom stereocenters. The number of hydrogen-bond donors (Lipinski definition) is 0. The van der Waals surface area contributed by atoms with E-state index in [4.69, 9.17) is 4.98 Å². The molecule has 3 aromatic rings. The molecule has 0 unspecified atom stereocenters. The summed E-state index contributed by atoms with van der Waals surface area (Å²) in [5, 5.41) is 4.53. The molecule has 2 aromatic heterocycles. The van der Waals surface area contributed by atoms with Crippen molar-refractivity contribution in [3.8, 4) is 16.9 Å². The predicted molar refractivity (Wildman–Crippen MR) is 104 cm³/mol. The molecule has 27 heavy (non-hydrogen) atoms. The van der Waals surface area contributed by atoms with Gasteiger partial charge >= 0.3 is 0 Å². The lowest BCUT2D eigenvalue weighted by Gasteiger charge is -2.34. The molecule has 1 fully saturated rings. The van der Waals surface area contributed by atoms with Crippen LogP contribution in [0.1, 0.15) is 12.6 Å². The molecule has 6 nitrogen and oxygen atoms in total. The van der Waals surface area contributed by atoms with E-state index in [0.717, 1.165) is 55.6 Å². The summed E-state index contributed by atoms with van der Waals surface area (Å²) in [5.74, 6) is 0.471. The number of piperazine rings is 1. The summed E-state index contributed by atoms with van der Waals surface area (Å²) >= 11 is 0. The number of aromatic nitrogens is 4. The lowest BCUT2D eigenvalue weighted by molar-refractivity contribution is 0.270. The van der Waals surface area contributed by atoms with Crippen molar-refractivity contribution in [3.63, 3.8) is 0 Å². The molecule has 0 saturated carbocycles. The molecule has 0 N–H and O–H groups in total. The third-order valence-electron chi connectivity index (χ3n) is 4.99. The lowest BCUT2D eigenvalue weighted by atomic mass is 10.2. The number of anilines is 1. The molecule has 0 aliphatic carbocycles. The number of likely N-dealkylation sites (N-methyl/N-ethyl adjacent to an activating group) is 1. The van der Waals surface area contributed by atoms with Gasteiger partial charge in [0.05, 0.1) is 17.1 Å². The summed E-state index contributed by atoms with van der Waals surface area (Å²) in [6.45, 7) is 9.12. The summed E-state index contributed by atoms with van der Waals surface area (Å²) < 4.78 is 15.2. The van der Waals surface area contributed by atoms with Crippen LogP contribution in [0, 0.1) is 12.7 Å². The van der Waals surface area contributed by atoms with Crippen LogP contribution in [0.25, 0.3) is 16.9 Å². The van der Waals surface area contributed by atoms with Gasteiger partial charge in [-0.3, -0.25) is 0 Å². The zero-order chi connectivity index (χ0) is 18.8. The monoisotopic (exact) mass is 366 g/mol. The second kappa shape index (κ2) is 7.44. The molecule has 1 aromatic carbocycles. The number of aryl methyl sites for hydroxylation is 1. The maximum Gasteiger partial charge on any atom is 0.225 e. The van der Waals surface area contributed by atoms with Crippen LogP contribution in [0.2, 0.25) is 0 Å². The van der Waals surface area contributed by atoms with E-state index in [9.17, 15) is 4.39 Å². The topological polar surface area (TPSA) is 50.1 Å². The Labute approximate surface area is 158 Å². The average Bonchev–Trinajstić information content (AvgIpc) is 3.10. The van der Waals surface area contributed by atoms with E-state index in [1.807, 2.05) is 25.3 Å². The second-order valence-corrected chi connectivity index (χ2v) is 6.72. The standard InChI is InChI=1S/C20H23FN6/c1-3-25-9-11-26(12-10-25)20-22-8-7-19(23-20)18-14-27(24-15(18)2)17-6-4-5-16(21)13-17/h4-8,13-14H,3,9-12H2,1-2H3. The zero-order valence-corrected chi connectivity index (χ0v) is 15.6. The Kier molecular flexibility index (Phi) is 4.85. The SMILES string of the molecule is CCN1CCN(c2nccc(-c3cn(-c4cccc(F)c4)nc3C)n2)CC1. The number of nitrogens with zero attached hydrogens (tertiary/aromatic N) is 6. The Balaban J connectivity index is 1.61. The van der Waals surface area contributed by atoms with Crippen LogP contribution in [0.5, 0.6) is 0 Å². The fourth-order valence-electron chi connectivity index (χ4n) is 3.38. The van der Waals surface area contributed by atoms with Crippen molar-refractivity contribution in [2.75, 3.05) is 37.6 Å². The van der Waals surface area contributed by atoms with Crippen LogP contribution in [-0.2, 0) is 0 Å². The number of halogens is 1. The first-order valence-corrected chi connectivity index (χ1v) is 9.27. The normalized spacial score (nSPS) is 15.3. The highest BCUT2D eigenvalue weighted by molar-refractivity contribution is 5.62. The van der Waals surface area contributed by atoms with Gasteiger partial charge in [0.2, 0.25) is 5.95 Å². The largest absolute Gasteiger partial charge is 0.338 e.